The lowest BCUT2D eigenvalue weighted by Crippen LogP contribution is -2.28. The minimum Gasteiger partial charge on any atom is -0.387 e. The van der Waals surface area contributed by atoms with Gasteiger partial charge in [0.2, 0.25) is 5.91 Å². The maximum atomic E-state index is 11.9. The van der Waals surface area contributed by atoms with Crippen LogP contribution in [0.1, 0.15) is 29.2 Å². The van der Waals surface area contributed by atoms with Gasteiger partial charge in [0.1, 0.15) is 0 Å². The summed E-state index contributed by atoms with van der Waals surface area (Å²) in [5.41, 5.74) is 2.99. The molecule has 0 radical (unpaired) electrons. The van der Waals surface area contributed by atoms with Gasteiger partial charge >= 0.3 is 0 Å². The molecule has 1 amide bonds. The Morgan fingerprint density at radius 1 is 1.18 bits per heavy atom. The summed E-state index contributed by atoms with van der Waals surface area (Å²) < 4.78 is 0. The first kappa shape index (κ1) is 16.5. The number of aliphatic hydroxyl groups is 1. The molecule has 1 unspecified atom stereocenters. The van der Waals surface area contributed by atoms with Crippen molar-refractivity contribution in [1.82, 2.24) is 5.32 Å². The van der Waals surface area contributed by atoms with E-state index in [0.717, 1.165) is 0 Å². The van der Waals surface area contributed by atoms with Gasteiger partial charge in [-0.15, -0.1) is 0 Å². The highest BCUT2D eigenvalue weighted by molar-refractivity contribution is 6.31. The minimum atomic E-state index is -0.795. The van der Waals surface area contributed by atoms with E-state index in [9.17, 15) is 9.90 Å². The van der Waals surface area contributed by atoms with E-state index in [-0.39, 0.29) is 12.5 Å². The van der Waals surface area contributed by atoms with Crippen LogP contribution in [0.25, 0.3) is 0 Å². The van der Waals surface area contributed by atoms with Gasteiger partial charge in [-0.05, 0) is 30.5 Å². The average molecular weight is 318 g/mol. The molecule has 0 heterocycles. The van der Waals surface area contributed by atoms with E-state index in [1.165, 1.54) is 11.1 Å². The Morgan fingerprint density at radius 2 is 1.86 bits per heavy atom. The molecule has 0 saturated heterocycles. The van der Waals surface area contributed by atoms with Crippen LogP contribution < -0.4 is 5.32 Å². The van der Waals surface area contributed by atoms with Gasteiger partial charge in [0.05, 0.1) is 6.10 Å². The summed E-state index contributed by atoms with van der Waals surface area (Å²) in [5, 5.41) is 13.3. The SMILES string of the molecule is Cc1ccccc1CCC(=O)NCC(O)c1ccccc1Cl. The van der Waals surface area contributed by atoms with Gasteiger partial charge in [-0.25, -0.2) is 0 Å². The Bertz CT molecular complexity index is 642. The molecule has 0 aliphatic rings. The average Bonchev–Trinajstić information content (AvgIpc) is 2.52. The molecule has 0 aliphatic heterocycles. The first-order valence-electron chi connectivity index (χ1n) is 7.31. The number of hydrogen-bond donors (Lipinski definition) is 2. The lowest BCUT2D eigenvalue weighted by molar-refractivity contribution is -0.121. The molecular formula is C18H20ClNO2. The molecule has 3 nitrogen and oxygen atoms in total. The molecule has 0 aromatic heterocycles. The van der Waals surface area contributed by atoms with Crippen molar-refractivity contribution in [2.24, 2.45) is 0 Å². The third-order valence-electron chi connectivity index (χ3n) is 3.64. The second-order valence-electron chi connectivity index (χ2n) is 5.27. The van der Waals surface area contributed by atoms with E-state index in [1.54, 1.807) is 18.2 Å². The van der Waals surface area contributed by atoms with Crippen LogP contribution in [0, 0.1) is 6.92 Å². The van der Waals surface area contributed by atoms with Crippen LogP contribution in [-0.2, 0) is 11.2 Å². The van der Waals surface area contributed by atoms with Gasteiger partial charge in [-0.3, -0.25) is 4.79 Å². The zero-order chi connectivity index (χ0) is 15.9. The molecule has 0 fully saturated rings. The van der Waals surface area contributed by atoms with Gasteiger partial charge in [0.25, 0.3) is 0 Å². The Morgan fingerprint density at radius 3 is 2.59 bits per heavy atom. The van der Waals surface area contributed by atoms with Gasteiger partial charge in [-0.1, -0.05) is 54.1 Å². The van der Waals surface area contributed by atoms with E-state index in [1.807, 2.05) is 37.3 Å². The number of carbonyl (C=O) groups is 1. The predicted molar refractivity (Wildman–Crippen MR) is 88.9 cm³/mol. The first-order chi connectivity index (χ1) is 10.6. The topological polar surface area (TPSA) is 49.3 Å². The second kappa shape index (κ2) is 7.97. The molecule has 4 heteroatoms. The number of aryl methyl sites for hydroxylation is 2. The second-order valence-corrected chi connectivity index (χ2v) is 5.68. The van der Waals surface area contributed by atoms with Gasteiger partial charge in [-0.2, -0.15) is 0 Å². The number of benzene rings is 2. The van der Waals surface area contributed by atoms with Crippen LogP contribution in [0.3, 0.4) is 0 Å². The number of nitrogens with one attached hydrogen (secondary N) is 1. The van der Waals surface area contributed by atoms with Crippen LogP contribution in [0.2, 0.25) is 5.02 Å². The molecule has 2 rings (SSSR count). The Hall–Kier alpha value is -1.84. The van der Waals surface area contributed by atoms with Crippen molar-refractivity contribution in [1.29, 1.82) is 0 Å². The molecule has 0 bridgehead atoms. The number of halogens is 1. The third kappa shape index (κ3) is 4.58. The number of carbonyl (C=O) groups excluding carboxylic acids is 1. The lowest BCUT2D eigenvalue weighted by Gasteiger charge is -2.14. The monoisotopic (exact) mass is 317 g/mol. The fourth-order valence-corrected chi connectivity index (χ4v) is 2.55. The third-order valence-corrected chi connectivity index (χ3v) is 3.98. The molecule has 2 aromatic carbocycles. The highest BCUT2D eigenvalue weighted by Crippen LogP contribution is 2.21. The summed E-state index contributed by atoms with van der Waals surface area (Å²) in [4.78, 5) is 11.9. The van der Waals surface area contributed by atoms with Crippen molar-refractivity contribution >= 4 is 17.5 Å². The standard InChI is InChI=1S/C18H20ClNO2/c1-13-6-2-3-7-14(13)10-11-18(22)20-12-17(21)15-8-4-5-9-16(15)19/h2-9,17,21H,10-12H2,1H3,(H,20,22). The fourth-order valence-electron chi connectivity index (χ4n) is 2.29. The van der Waals surface area contributed by atoms with E-state index >= 15 is 0 Å². The van der Waals surface area contributed by atoms with Gasteiger partial charge < -0.3 is 10.4 Å². The molecule has 2 N–H and O–H groups in total. The van der Waals surface area contributed by atoms with Crippen LogP contribution in [0.4, 0.5) is 0 Å². The summed E-state index contributed by atoms with van der Waals surface area (Å²) in [5.74, 6) is -0.0747. The lowest BCUT2D eigenvalue weighted by atomic mass is 10.0. The predicted octanol–water partition coefficient (Wildman–Crippen LogP) is 3.43. The smallest absolute Gasteiger partial charge is 0.220 e. The Labute approximate surface area is 135 Å². The van der Waals surface area contributed by atoms with Crippen molar-refractivity contribution in [3.8, 4) is 0 Å². The van der Waals surface area contributed by atoms with Crippen molar-refractivity contribution < 1.29 is 9.90 Å². The summed E-state index contributed by atoms with van der Waals surface area (Å²) >= 11 is 6.02. The molecule has 1 atom stereocenters. The summed E-state index contributed by atoms with van der Waals surface area (Å²) in [7, 11) is 0. The zero-order valence-corrected chi connectivity index (χ0v) is 13.3. The van der Waals surface area contributed by atoms with Crippen LogP contribution in [-0.4, -0.2) is 17.6 Å². The molecule has 22 heavy (non-hydrogen) atoms. The van der Waals surface area contributed by atoms with Crippen LogP contribution in [0.5, 0.6) is 0 Å². The van der Waals surface area contributed by atoms with Crippen molar-refractivity contribution in [2.45, 2.75) is 25.9 Å². The van der Waals surface area contributed by atoms with Crippen LogP contribution >= 0.6 is 11.6 Å². The quantitative estimate of drug-likeness (QED) is 0.857. The molecule has 0 saturated carbocycles. The van der Waals surface area contributed by atoms with Crippen molar-refractivity contribution in [3.63, 3.8) is 0 Å². The number of amides is 1. The highest BCUT2D eigenvalue weighted by atomic mass is 35.5. The number of aliphatic hydroxyl groups excluding tert-OH is 1. The summed E-state index contributed by atoms with van der Waals surface area (Å²) in [6, 6.07) is 15.1. The van der Waals surface area contributed by atoms with Crippen molar-refractivity contribution in [3.05, 3.63) is 70.2 Å². The Balaban J connectivity index is 1.81. The maximum absolute atomic E-state index is 11.9. The molecule has 2 aromatic rings. The highest BCUT2D eigenvalue weighted by Gasteiger charge is 2.12. The largest absolute Gasteiger partial charge is 0.387 e. The van der Waals surface area contributed by atoms with E-state index in [0.29, 0.717) is 23.4 Å². The molecular weight excluding hydrogens is 298 g/mol. The van der Waals surface area contributed by atoms with E-state index in [4.69, 9.17) is 11.6 Å². The maximum Gasteiger partial charge on any atom is 0.220 e. The fraction of sp³-hybridized carbons (Fsp3) is 0.278. The molecule has 0 spiro atoms. The Kier molecular flexibility index (Phi) is 5.99. The normalized spacial score (nSPS) is 12.0. The van der Waals surface area contributed by atoms with Gasteiger partial charge in [0.15, 0.2) is 0 Å². The molecule has 0 aliphatic carbocycles. The summed E-state index contributed by atoms with van der Waals surface area (Å²) in [6.07, 6.45) is 0.303. The first-order valence-corrected chi connectivity index (χ1v) is 7.69. The minimum absolute atomic E-state index is 0.0747. The van der Waals surface area contributed by atoms with Crippen LogP contribution in [0.15, 0.2) is 48.5 Å². The van der Waals surface area contributed by atoms with Gasteiger partial charge in [0, 0.05) is 23.6 Å². The van der Waals surface area contributed by atoms with E-state index in [2.05, 4.69) is 5.32 Å². The molecule has 116 valence electrons. The summed E-state index contributed by atoms with van der Waals surface area (Å²) in [6.45, 7) is 2.20. The number of rotatable bonds is 6. The number of hydrogen-bond acceptors (Lipinski definition) is 2. The zero-order valence-electron chi connectivity index (χ0n) is 12.6. The van der Waals surface area contributed by atoms with Crippen molar-refractivity contribution in [2.75, 3.05) is 6.54 Å². The van der Waals surface area contributed by atoms with E-state index < -0.39 is 6.10 Å².